The third-order valence-corrected chi connectivity index (χ3v) is 5.25. The molecule has 32 heavy (non-hydrogen) atoms. The average molecular weight is 425 g/mol. The normalized spacial score (nSPS) is 11.0. The lowest BCUT2D eigenvalue weighted by Crippen LogP contribution is -2.11. The Balaban J connectivity index is 1.42. The standard InChI is InChI=1S/C26H19NO5/c28-24-14-18(25-20-8-2-1-6-17(20)11-12-23(25)32-24)16-31-26(29)21-9-3-4-10-22(21)27-15-19-7-5-13-30-19/h1-14,27H,15-16H2. The van der Waals surface area contributed by atoms with E-state index >= 15 is 0 Å². The van der Waals surface area contributed by atoms with Crippen molar-refractivity contribution in [1.82, 2.24) is 0 Å². The maximum atomic E-state index is 12.9. The summed E-state index contributed by atoms with van der Waals surface area (Å²) in [6.45, 7) is 0.384. The van der Waals surface area contributed by atoms with Crippen LogP contribution in [0.3, 0.4) is 0 Å². The lowest BCUT2D eigenvalue weighted by molar-refractivity contribution is 0.0475. The van der Waals surface area contributed by atoms with E-state index < -0.39 is 11.6 Å². The molecule has 0 radical (unpaired) electrons. The molecule has 5 rings (SSSR count). The summed E-state index contributed by atoms with van der Waals surface area (Å²) in [5, 5.41) is 5.90. The van der Waals surface area contributed by atoms with Crippen LogP contribution in [-0.2, 0) is 17.9 Å². The summed E-state index contributed by atoms with van der Waals surface area (Å²) in [6.07, 6.45) is 1.60. The third-order valence-electron chi connectivity index (χ3n) is 5.25. The maximum absolute atomic E-state index is 12.9. The van der Waals surface area contributed by atoms with Crippen LogP contribution < -0.4 is 10.9 Å². The molecule has 5 aromatic rings. The van der Waals surface area contributed by atoms with Gasteiger partial charge in [-0.25, -0.2) is 9.59 Å². The van der Waals surface area contributed by atoms with Gasteiger partial charge in [-0.3, -0.25) is 0 Å². The highest BCUT2D eigenvalue weighted by molar-refractivity contribution is 6.07. The Labute approximate surface area is 183 Å². The van der Waals surface area contributed by atoms with Crippen molar-refractivity contribution in [2.24, 2.45) is 0 Å². The van der Waals surface area contributed by atoms with Crippen LogP contribution in [0.25, 0.3) is 21.7 Å². The average Bonchev–Trinajstić information content (AvgIpc) is 3.34. The molecule has 6 heteroatoms. The van der Waals surface area contributed by atoms with E-state index in [4.69, 9.17) is 13.6 Å². The number of nitrogens with one attached hydrogen (secondary N) is 1. The molecule has 6 nitrogen and oxygen atoms in total. The predicted molar refractivity (Wildman–Crippen MR) is 122 cm³/mol. The van der Waals surface area contributed by atoms with Crippen LogP contribution in [0.4, 0.5) is 5.69 Å². The second kappa shape index (κ2) is 8.43. The Kier molecular flexibility index (Phi) is 5.17. The fourth-order valence-corrected chi connectivity index (χ4v) is 3.77. The molecule has 0 aliphatic rings. The number of para-hydroxylation sites is 1. The molecule has 0 aliphatic carbocycles. The highest BCUT2D eigenvalue weighted by atomic mass is 16.5. The van der Waals surface area contributed by atoms with Gasteiger partial charge in [0.1, 0.15) is 18.0 Å². The minimum atomic E-state index is -0.492. The summed E-state index contributed by atoms with van der Waals surface area (Å²) in [4.78, 5) is 25.0. The van der Waals surface area contributed by atoms with Gasteiger partial charge in [-0.05, 0) is 41.1 Å². The van der Waals surface area contributed by atoms with E-state index in [-0.39, 0.29) is 6.61 Å². The van der Waals surface area contributed by atoms with Gasteiger partial charge in [0.2, 0.25) is 0 Å². The van der Waals surface area contributed by atoms with Gasteiger partial charge in [0.05, 0.1) is 18.4 Å². The second-order valence-electron chi connectivity index (χ2n) is 7.31. The van der Waals surface area contributed by atoms with Crippen molar-refractivity contribution in [2.45, 2.75) is 13.2 Å². The van der Waals surface area contributed by atoms with Crippen LogP contribution in [0.1, 0.15) is 21.7 Å². The van der Waals surface area contributed by atoms with E-state index in [2.05, 4.69) is 5.32 Å². The summed E-state index contributed by atoms with van der Waals surface area (Å²) >= 11 is 0. The number of esters is 1. The Bertz CT molecular complexity index is 1470. The first-order valence-electron chi connectivity index (χ1n) is 10.2. The number of hydrogen-bond acceptors (Lipinski definition) is 6. The fraction of sp³-hybridized carbons (Fsp3) is 0.0769. The van der Waals surface area contributed by atoms with Crippen LogP contribution in [0, 0.1) is 0 Å². The van der Waals surface area contributed by atoms with E-state index in [1.807, 2.05) is 48.5 Å². The Hall–Kier alpha value is -4.32. The van der Waals surface area contributed by atoms with Crippen LogP contribution in [0.5, 0.6) is 0 Å². The minimum absolute atomic E-state index is 0.0541. The largest absolute Gasteiger partial charge is 0.467 e. The number of rotatable bonds is 6. The molecule has 0 aliphatic heterocycles. The third kappa shape index (κ3) is 3.86. The fourth-order valence-electron chi connectivity index (χ4n) is 3.77. The number of hydrogen-bond donors (Lipinski definition) is 1. The van der Waals surface area contributed by atoms with Gasteiger partial charge >= 0.3 is 11.6 Å². The minimum Gasteiger partial charge on any atom is -0.467 e. The summed E-state index contributed by atoms with van der Waals surface area (Å²) in [5.74, 6) is 0.261. The van der Waals surface area contributed by atoms with E-state index in [0.29, 0.717) is 28.9 Å². The number of furan rings is 1. The van der Waals surface area contributed by atoms with E-state index in [1.165, 1.54) is 6.07 Å². The molecule has 0 saturated carbocycles. The van der Waals surface area contributed by atoms with Gasteiger partial charge in [-0.2, -0.15) is 0 Å². The van der Waals surface area contributed by atoms with Gasteiger partial charge in [-0.15, -0.1) is 0 Å². The van der Waals surface area contributed by atoms with Gasteiger partial charge in [0, 0.05) is 22.7 Å². The van der Waals surface area contributed by atoms with Crippen LogP contribution >= 0.6 is 0 Å². The molecular formula is C26H19NO5. The molecule has 0 atom stereocenters. The number of carbonyl (C=O) groups is 1. The Morgan fingerprint density at radius 1 is 0.938 bits per heavy atom. The Morgan fingerprint density at radius 2 is 1.78 bits per heavy atom. The first-order valence-corrected chi connectivity index (χ1v) is 10.2. The summed E-state index contributed by atoms with van der Waals surface area (Å²) in [5.41, 5.74) is 1.61. The number of anilines is 1. The van der Waals surface area contributed by atoms with E-state index in [1.54, 1.807) is 30.5 Å². The smallest absolute Gasteiger partial charge is 0.340 e. The maximum Gasteiger partial charge on any atom is 0.340 e. The highest BCUT2D eigenvalue weighted by Crippen LogP contribution is 2.28. The number of carbonyl (C=O) groups excluding carboxylic acids is 1. The predicted octanol–water partition coefficient (Wildman–Crippen LogP) is 5.51. The lowest BCUT2D eigenvalue weighted by atomic mass is 10.0. The first-order chi connectivity index (χ1) is 15.7. The van der Waals surface area contributed by atoms with Crippen LogP contribution in [0.15, 0.2) is 98.8 Å². The van der Waals surface area contributed by atoms with Crippen molar-refractivity contribution < 1.29 is 18.4 Å². The monoisotopic (exact) mass is 425 g/mol. The molecule has 0 fully saturated rings. The first kappa shape index (κ1) is 19.6. The summed E-state index contributed by atoms with van der Waals surface area (Å²) in [7, 11) is 0. The number of ether oxygens (including phenoxy) is 1. The molecule has 0 bridgehead atoms. The van der Waals surface area contributed by atoms with Crippen molar-refractivity contribution in [2.75, 3.05) is 5.32 Å². The molecule has 0 unspecified atom stereocenters. The SMILES string of the molecule is O=C(OCc1cc(=O)oc2ccc3ccccc3c12)c1ccccc1NCc1ccco1. The van der Waals surface area contributed by atoms with Gasteiger partial charge in [0.25, 0.3) is 0 Å². The molecule has 1 N–H and O–H groups in total. The number of benzene rings is 3. The molecule has 2 aromatic heterocycles. The molecule has 3 aromatic carbocycles. The van der Waals surface area contributed by atoms with Crippen molar-refractivity contribution in [3.05, 3.63) is 112 Å². The van der Waals surface area contributed by atoms with Crippen molar-refractivity contribution >= 4 is 33.4 Å². The molecular weight excluding hydrogens is 406 g/mol. The van der Waals surface area contributed by atoms with Crippen molar-refractivity contribution in [3.8, 4) is 0 Å². The van der Waals surface area contributed by atoms with Crippen LogP contribution in [0.2, 0.25) is 0 Å². The van der Waals surface area contributed by atoms with Gasteiger partial charge in [-0.1, -0.05) is 42.5 Å². The van der Waals surface area contributed by atoms with Crippen molar-refractivity contribution in [3.63, 3.8) is 0 Å². The van der Waals surface area contributed by atoms with Crippen molar-refractivity contribution in [1.29, 1.82) is 0 Å². The molecule has 0 saturated heterocycles. The molecule has 158 valence electrons. The van der Waals surface area contributed by atoms with Gasteiger partial charge in [0.15, 0.2) is 0 Å². The zero-order chi connectivity index (χ0) is 21.9. The van der Waals surface area contributed by atoms with Gasteiger partial charge < -0.3 is 18.9 Å². The molecule has 2 heterocycles. The van der Waals surface area contributed by atoms with E-state index in [0.717, 1.165) is 21.9 Å². The quantitative estimate of drug-likeness (QED) is 0.220. The zero-order valence-corrected chi connectivity index (χ0v) is 17.0. The molecule has 0 amide bonds. The van der Waals surface area contributed by atoms with Crippen LogP contribution in [-0.4, -0.2) is 5.97 Å². The zero-order valence-electron chi connectivity index (χ0n) is 17.0. The summed E-state index contributed by atoms with van der Waals surface area (Å²) in [6, 6.07) is 23.6. The highest BCUT2D eigenvalue weighted by Gasteiger charge is 2.15. The van der Waals surface area contributed by atoms with E-state index in [9.17, 15) is 9.59 Å². The topological polar surface area (TPSA) is 81.7 Å². The lowest BCUT2D eigenvalue weighted by Gasteiger charge is -2.12. The number of fused-ring (bicyclic) bond motifs is 3. The summed E-state index contributed by atoms with van der Waals surface area (Å²) < 4.78 is 16.3. The molecule has 0 spiro atoms. The Morgan fingerprint density at radius 3 is 2.66 bits per heavy atom. The second-order valence-corrected chi connectivity index (χ2v) is 7.31.